The average molecular weight is 255 g/mol. The van der Waals surface area contributed by atoms with Gasteiger partial charge in [0.25, 0.3) is 0 Å². The van der Waals surface area contributed by atoms with E-state index in [-0.39, 0.29) is 0 Å². The lowest BCUT2D eigenvalue weighted by Crippen LogP contribution is -2.62. The molecule has 0 saturated carbocycles. The van der Waals surface area contributed by atoms with Gasteiger partial charge in [-0.05, 0) is 26.9 Å². The van der Waals surface area contributed by atoms with Crippen LogP contribution in [-0.2, 0) is 9.59 Å². The van der Waals surface area contributed by atoms with Gasteiger partial charge in [-0.1, -0.05) is 13.8 Å². The number of rotatable bonds is 5. The third-order valence-electron chi connectivity index (χ3n) is 3.35. The first-order valence-electron chi connectivity index (χ1n) is 6.24. The SMILES string of the molecule is CCN(CC)CCN1C(=O)NC(=O)C(C)(C)C1=O. The van der Waals surface area contributed by atoms with Gasteiger partial charge in [0.15, 0.2) is 0 Å². The first-order valence-corrected chi connectivity index (χ1v) is 6.24. The number of nitrogens with one attached hydrogen (secondary N) is 1. The molecule has 0 bridgehead atoms. The molecule has 0 aromatic heterocycles. The number of imide groups is 2. The third-order valence-corrected chi connectivity index (χ3v) is 3.35. The maximum absolute atomic E-state index is 12.1. The Morgan fingerprint density at radius 3 is 2.22 bits per heavy atom. The molecule has 1 fully saturated rings. The number of barbiturate groups is 1. The number of carbonyl (C=O) groups excluding carboxylic acids is 3. The van der Waals surface area contributed by atoms with Crippen molar-refractivity contribution in [3.8, 4) is 0 Å². The quantitative estimate of drug-likeness (QED) is 0.723. The zero-order valence-electron chi connectivity index (χ0n) is 11.4. The molecule has 0 aliphatic carbocycles. The second-order valence-corrected chi connectivity index (χ2v) is 4.87. The molecular weight excluding hydrogens is 234 g/mol. The van der Waals surface area contributed by atoms with Crippen molar-refractivity contribution in [2.24, 2.45) is 5.41 Å². The molecule has 102 valence electrons. The molecule has 6 nitrogen and oxygen atoms in total. The number of likely N-dealkylation sites (N-methyl/N-ethyl adjacent to an activating group) is 1. The van der Waals surface area contributed by atoms with E-state index in [1.807, 2.05) is 13.8 Å². The zero-order chi connectivity index (χ0) is 13.9. The predicted octanol–water partition coefficient (Wildman–Crippen LogP) is 0.433. The number of nitrogens with zero attached hydrogens (tertiary/aromatic N) is 2. The number of hydrogen-bond donors (Lipinski definition) is 1. The van der Waals surface area contributed by atoms with Crippen molar-refractivity contribution < 1.29 is 14.4 Å². The highest BCUT2D eigenvalue weighted by atomic mass is 16.2. The third kappa shape index (κ3) is 2.69. The number of hydrogen-bond acceptors (Lipinski definition) is 4. The Labute approximate surface area is 107 Å². The van der Waals surface area contributed by atoms with Crippen molar-refractivity contribution in [2.45, 2.75) is 27.7 Å². The largest absolute Gasteiger partial charge is 0.330 e. The van der Waals surface area contributed by atoms with Crippen LogP contribution in [0.5, 0.6) is 0 Å². The van der Waals surface area contributed by atoms with Crippen LogP contribution in [0.3, 0.4) is 0 Å². The van der Waals surface area contributed by atoms with E-state index in [4.69, 9.17) is 0 Å². The van der Waals surface area contributed by atoms with E-state index >= 15 is 0 Å². The highest BCUT2D eigenvalue weighted by Gasteiger charge is 2.46. The summed E-state index contributed by atoms with van der Waals surface area (Å²) in [6, 6.07) is -0.614. The van der Waals surface area contributed by atoms with Crippen molar-refractivity contribution in [2.75, 3.05) is 26.2 Å². The zero-order valence-corrected chi connectivity index (χ0v) is 11.4. The van der Waals surface area contributed by atoms with Crippen LogP contribution in [0.1, 0.15) is 27.7 Å². The van der Waals surface area contributed by atoms with Crippen LogP contribution in [0, 0.1) is 5.41 Å². The van der Waals surface area contributed by atoms with Crippen LogP contribution in [0.25, 0.3) is 0 Å². The molecule has 0 unspecified atom stereocenters. The first kappa shape index (κ1) is 14.6. The number of urea groups is 1. The molecule has 6 heteroatoms. The fourth-order valence-corrected chi connectivity index (χ4v) is 1.83. The Morgan fingerprint density at radius 2 is 1.72 bits per heavy atom. The summed E-state index contributed by atoms with van der Waals surface area (Å²) >= 11 is 0. The van der Waals surface area contributed by atoms with E-state index in [1.54, 1.807) is 0 Å². The van der Waals surface area contributed by atoms with E-state index < -0.39 is 23.3 Å². The Bertz CT molecular complexity index is 362. The van der Waals surface area contributed by atoms with Gasteiger partial charge in [0.05, 0.1) is 0 Å². The summed E-state index contributed by atoms with van der Waals surface area (Å²) in [6.07, 6.45) is 0. The molecule has 0 spiro atoms. The minimum absolute atomic E-state index is 0.309. The normalized spacial score (nSPS) is 19.4. The summed E-state index contributed by atoms with van der Waals surface area (Å²) in [5.41, 5.74) is -1.17. The molecule has 1 heterocycles. The van der Waals surface area contributed by atoms with E-state index in [0.29, 0.717) is 13.1 Å². The van der Waals surface area contributed by atoms with Gasteiger partial charge >= 0.3 is 6.03 Å². The van der Waals surface area contributed by atoms with Crippen LogP contribution in [0.2, 0.25) is 0 Å². The van der Waals surface area contributed by atoms with Gasteiger partial charge in [0, 0.05) is 13.1 Å². The average Bonchev–Trinajstić information content (AvgIpc) is 2.32. The van der Waals surface area contributed by atoms with Gasteiger partial charge < -0.3 is 4.90 Å². The molecular formula is C12H21N3O3. The smallest absolute Gasteiger partial charge is 0.302 e. The Hall–Kier alpha value is -1.43. The lowest BCUT2D eigenvalue weighted by Gasteiger charge is -2.35. The van der Waals surface area contributed by atoms with E-state index in [9.17, 15) is 14.4 Å². The summed E-state index contributed by atoms with van der Waals surface area (Å²) in [5, 5.41) is 2.22. The van der Waals surface area contributed by atoms with E-state index in [0.717, 1.165) is 18.0 Å². The van der Waals surface area contributed by atoms with Crippen LogP contribution in [-0.4, -0.2) is 53.8 Å². The molecule has 1 saturated heterocycles. The Morgan fingerprint density at radius 1 is 1.17 bits per heavy atom. The summed E-state index contributed by atoms with van der Waals surface area (Å²) in [6.45, 7) is 9.76. The topological polar surface area (TPSA) is 69.7 Å². The van der Waals surface area contributed by atoms with E-state index in [1.165, 1.54) is 13.8 Å². The second kappa shape index (κ2) is 5.48. The van der Waals surface area contributed by atoms with Crippen molar-refractivity contribution >= 4 is 17.8 Å². The standard InChI is InChI=1S/C12H21N3O3/c1-5-14(6-2)7-8-15-10(17)12(3,4)9(16)13-11(15)18/h5-8H2,1-4H3,(H,13,16,18). The number of carbonyl (C=O) groups is 3. The van der Waals surface area contributed by atoms with Gasteiger partial charge in [0.2, 0.25) is 11.8 Å². The molecule has 1 N–H and O–H groups in total. The Balaban J connectivity index is 2.73. The highest BCUT2D eigenvalue weighted by molar-refractivity contribution is 6.18. The van der Waals surface area contributed by atoms with Crippen LogP contribution < -0.4 is 5.32 Å². The Kier molecular flexibility index (Phi) is 4.45. The summed E-state index contributed by atoms with van der Waals surface area (Å²) in [5.74, 6) is -0.958. The molecule has 18 heavy (non-hydrogen) atoms. The summed E-state index contributed by atoms with van der Waals surface area (Å²) < 4.78 is 0. The molecule has 1 aliphatic heterocycles. The lowest BCUT2D eigenvalue weighted by molar-refractivity contribution is -0.149. The van der Waals surface area contributed by atoms with Gasteiger partial charge in [-0.3, -0.25) is 19.8 Å². The van der Waals surface area contributed by atoms with E-state index in [2.05, 4.69) is 10.2 Å². The predicted molar refractivity (Wildman–Crippen MR) is 66.8 cm³/mol. The molecule has 1 rings (SSSR count). The molecule has 0 radical (unpaired) electrons. The van der Waals surface area contributed by atoms with Crippen LogP contribution in [0.4, 0.5) is 4.79 Å². The minimum atomic E-state index is -1.17. The molecule has 0 atom stereocenters. The molecule has 4 amide bonds. The van der Waals surface area contributed by atoms with Gasteiger partial charge in [-0.15, -0.1) is 0 Å². The van der Waals surface area contributed by atoms with Crippen molar-refractivity contribution in [1.29, 1.82) is 0 Å². The molecule has 0 aromatic carbocycles. The van der Waals surface area contributed by atoms with Gasteiger partial charge in [-0.25, -0.2) is 4.79 Å². The minimum Gasteiger partial charge on any atom is -0.302 e. The van der Waals surface area contributed by atoms with Crippen molar-refractivity contribution in [1.82, 2.24) is 15.1 Å². The second-order valence-electron chi connectivity index (χ2n) is 4.87. The lowest BCUT2D eigenvalue weighted by atomic mass is 9.89. The maximum Gasteiger partial charge on any atom is 0.330 e. The molecule has 0 aromatic rings. The van der Waals surface area contributed by atoms with Crippen LogP contribution >= 0.6 is 0 Å². The first-order chi connectivity index (χ1) is 8.34. The van der Waals surface area contributed by atoms with Crippen molar-refractivity contribution in [3.05, 3.63) is 0 Å². The van der Waals surface area contributed by atoms with Gasteiger partial charge in [-0.2, -0.15) is 0 Å². The maximum atomic E-state index is 12.1. The number of amides is 4. The fraction of sp³-hybridized carbons (Fsp3) is 0.750. The molecule has 1 aliphatic rings. The van der Waals surface area contributed by atoms with Gasteiger partial charge in [0.1, 0.15) is 5.41 Å². The monoisotopic (exact) mass is 255 g/mol. The van der Waals surface area contributed by atoms with Crippen molar-refractivity contribution in [3.63, 3.8) is 0 Å². The highest BCUT2D eigenvalue weighted by Crippen LogP contribution is 2.23. The van der Waals surface area contributed by atoms with Crippen LogP contribution in [0.15, 0.2) is 0 Å². The summed E-state index contributed by atoms with van der Waals surface area (Å²) in [4.78, 5) is 38.5. The fourth-order valence-electron chi connectivity index (χ4n) is 1.83. The summed E-state index contributed by atoms with van der Waals surface area (Å²) in [7, 11) is 0.